The Morgan fingerprint density at radius 3 is 2.67 bits per heavy atom. The predicted octanol–water partition coefficient (Wildman–Crippen LogP) is 2.05. The number of benzene rings is 1. The number of halogens is 1. The van der Waals surface area contributed by atoms with E-state index >= 15 is 0 Å². The van der Waals surface area contributed by atoms with Gasteiger partial charge in [0.25, 0.3) is 0 Å². The van der Waals surface area contributed by atoms with Gasteiger partial charge in [-0.15, -0.1) is 0 Å². The maximum absolute atomic E-state index is 5.56. The van der Waals surface area contributed by atoms with E-state index in [-0.39, 0.29) is 0 Å². The molecule has 0 amide bonds. The van der Waals surface area contributed by atoms with Crippen LogP contribution in [-0.2, 0) is 11.9 Å². The smallest absolute Gasteiger partial charge is 0.119 e. The van der Waals surface area contributed by atoms with Gasteiger partial charge >= 0.3 is 0 Å². The average Bonchev–Trinajstić information content (AvgIpc) is 2.16. The fraction of sp³-hybridized carbons (Fsp3) is 0.333. The molecule has 0 aliphatic rings. The summed E-state index contributed by atoms with van der Waals surface area (Å²) < 4.78 is 5.09. The molecule has 0 aliphatic heterocycles. The zero-order chi connectivity index (χ0) is 8.97. The number of hydrogen-bond donors (Lipinski definition) is 1. The minimum Gasteiger partial charge on any atom is -0.497 e. The molecule has 12 heavy (non-hydrogen) atoms. The van der Waals surface area contributed by atoms with Gasteiger partial charge in [0.15, 0.2) is 0 Å². The third kappa shape index (κ3) is 1.99. The zero-order valence-corrected chi connectivity index (χ0v) is 8.60. The summed E-state index contributed by atoms with van der Waals surface area (Å²) in [4.78, 5) is 0. The lowest BCUT2D eigenvalue weighted by molar-refractivity contribution is 0.414. The molecule has 0 fully saturated rings. The summed E-state index contributed by atoms with van der Waals surface area (Å²) in [5, 5.41) is 0.816. The Labute approximate surface area is 80.8 Å². The molecule has 3 heteroatoms. The van der Waals surface area contributed by atoms with Crippen LogP contribution in [0.3, 0.4) is 0 Å². The van der Waals surface area contributed by atoms with E-state index < -0.39 is 0 Å². The molecule has 0 aliphatic carbocycles. The molecule has 0 unspecified atom stereocenters. The van der Waals surface area contributed by atoms with E-state index in [0.29, 0.717) is 6.54 Å². The van der Waals surface area contributed by atoms with E-state index in [9.17, 15) is 0 Å². The van der Waals surface area contributed by atoms with Crippen molar-refractivity contribution in [3.63, 3.8) is 0 Å². The first kappa shape index (κ1) is 9.55. The van der Waals surface area contributed by atoms with Crippen LogP contribution in [0.2, 0.25) is 0 Å². The van der Waals surface area contributed by atoms with Crippen molar-refractivity contribution in [2.45, 2.75) is 11.9 Å². The molecule has 1 aromatic rings. The fourth-order valence-corrected chi connectivity index (χ4v) is 1.57. The number of alkyl halides is 1. The van der Waals surface area contributed by atoms with Crippen LogP contribution < -0.4 is 10.5 Å². The van der Waals surface area contributed by atoms with Crippen LogP contribution in [-0.4, -0.2) is 7.11 Å². The van der Waals surface area contributed by atoms with E-state index in [4.69, 9.17) is 10.5 Å². The zero-order valence-electron chi connectivity index (χ0n) is 7.01. The SMILES string of the molecule is COc1ccc(CN)c(CBr)c1. The molecule has 0 bridgehead atoms. The van der Waals surface area contributed by atoms with Crippen LogP contribution in [0.4, 0.5) is 0 Å². The number of rotatable bonds is 3. The Bertz CT molecular complexity index is 263. The maximum Gasteiger partial charge on any atom is 0.119 e. The molecule has 66 valence electrons. The van der Waals surface area contributed by atoms with Crippen LogP contribution in [0.5, 0.6) is 5.75 Å². The molecule has 0 heterocycles. The Kier molecular flexibility index (Phi) is 3.56. The van der Waals surface area contributed by atoms with Crippen LogP contribution in [0.1, 0.15) is 11.1 Å². The number of nitrogens with two attached hydrogens (primary N) is 1. The summed E-state index contributed by atoms with van der Waals surface area (Å²) in [7, 11) is 1.66. The third-order valence-electron chi connectivity index (χ3n) is 1.78. The highest BCUT2D eigenvalue weighted by molar-refractivity contribution is 9.08. The van der Waals surface area contributed by atoms with E-state index in [2.05, 4.69) is 15.9 Å². The lowest BCUT2D eigenvalue weighted by Gasteiger charge is -2.06. The summed E-state index contributed by atoms with van der Waals surface area (Å²) in [5.41, 5.74) is 7.91. The van der Waals surface area contributed by atoms with Gasteiger partial charge in [-0.3, -0.25) is 0 Å². The van der Waals surface area contributed by atoms with Crippen LogP contribution in [0, 0.1) is 0 Å². The van der Waals surface area contributed by atoms with Crippen molar-refractivity contribution in [3.05, 3.63) is 29.3 Å². The molecular weight excluding hydrogens is 218 g/mol. The Morgan fingerprint density at radius 1 is 1.42 bits per heavy atom. The molecule has 2 nitrogen and oxygen atoms in total. The summed E-state index contributed by atoms with van der Waals surface area (Å²) in [5.74, 6) is 0.877. The predicted molar refractivity (Wildman–Crippen MR) is 53.5 cm³/mol. The van der Waals surface area contributed by atoms with Gasteiger partial charge in [-0.25, -0.2) is 0 Å². The van der Waals surface area contributed by atoms with Crippen LogP contribution in [0.15, 0.2) is 18.2 Å². The highest BCUT2D eigenvalue weighted by atomic mass is 79.9. The molecule has 0 saturated carbocycles. The average molecular weight is 230 g/mol. The first-order chi connectivity index (χ1) is 5.81. The van der Waals surface area contributed by atoms with Crippen molar-refractivity contribution in [2.75, 3.05) is 7.11 Å². The quantitative estimate of drug-likeness (QED) is 0.806. The molecular formula is C9H12BrNO. The number of ether oxygens (including phenoxy) is 1. The summed E-state index contributed by atoms with van der Waals surface area (Å²) in [6.45, 7) is 0.574. The topological polar surface area (TPSA) is 35.2 Å². The molecule has 0 aromatic heterocycles. The van der Waals surface area contributed by atoms with Crippen molar-refractivity contribution in [1.82, 2.24) is 0 Å². The highest BCUT2D eigenvalue weighted by Gasteiger charge is 2.00. The van der Waals surface area contributed by atoms with Gasteiger partial charge in [0, 0.05) is 11.9 Å². The minimum absolute atomic E-state index is 0.574. The Morgan fingerprint density at radius 2 is 2.17 bits per heavy atom. The van der Waals surface area contributed by atoms with Gasteiger partial charge in [-0.1, -0.05) is 22.0 Å². The second kappa shape index (κ2) is 4.48. The summed E-state index contributed by atoms with van der Waals surface area (Å²) in [6, 6.07) is 5.92. The second-order valence-corrected chi connectivity index (χ2v) is 3.03. The summed E-state index contributed by atoms with van der Waals surface area (Å²) in [6.07, 6.45) is 0. The highest BCUT2D eigenvalue weighted by Crippen LogP contribution is 2.19. The van der Waals surface area contributed by atoms with Crippen LogP contribution in [0.25, 0.3) is 0 Å². The van der Waals surface area contributed by atoms with Gasteiger partial charge in [-0.2, -0.15) is 0 Å². The van der Waals surface area contributed by atoms with Gasteiger partial charge < -0.3 is 10.5 Å². The normalized spacial score (nSPS) is 9.92. The minimum atomic E-state index is 0.574. The first-order valence-corrected chi connectivity index (χ1v) is 4.85. The molecule has 0 atom stereocenters. The monoisotopic (exact) mass is 229 g/mol. The Hall–Kier alpha value is -0.540. The fourth-order valence-electron chi connectivity index (χ4n) is 1.05. The van der Waals surface area contributed by atoms with E-state index in [0.717, 1.165) is 16.6 Å². The van der Waals surface area contributed by atoms with Gasteiger partial charge in [0.2, 0.25) is 0 Å². The third-order valence-corrected chi connectivity index (χ3v) is 2.38. The largest absolute Gasteiger partial charge is 0.497 e. The van der Waals surface area contributed by atoms with Crippen molar-refractivity contribution in [3.8, 4) is 5.75 Å². The molecule has 0 spiro atoms. The molecule has 0 saturated heterocycles. The van der Waals surface area contributed by atoms with Crippen molar-refractivity contribution >= 4 is 15.9 Å². The standard InChI is InChI=1S/C9H12BrNO/c1-12-9-3-2-7(6-11)8(4-9)5-10/h2-4H,5-6,11H2,1H3. The lowest BCUT2D eigenvalue weighted by Crippen LogP contribution is -2.00. The van der Waals surface area contributed by atoms with Gasteiger partial charge in [0.1, 0.15) is 5.75 Å². The molecule has 1 rings (SSSR count). The van der Waals surface area contributed by atoms with E-state index in [1.807, 2.05) is 18.2 Å². The van der Waals surface area contributed by atoms with E-state index in [1.54, 1.807) is 7.11 Å². The van der Waals surface area contributed by atoms with Crippen molar-refractivity contribution in [1.29, 1.82) is 0 Å². The second-order valence-electron chi connectivity index (χ2n) is 2.47. The molecule has 0 radical (unpaired) electrons. The Balaban J connectivity index is 3.02. The lowest BCUT2D eigenvalue weighted by atomic mass is 10.1. The number of hydrogen-bond acceptors (Lipinski definition) is 2. The van der Waals surface area contributed by atoms with Crippen molar-refractivity contribution < 1.29 is 4.74 Å². The van der Waals surface area contributed by atoms with Gasteiger partial charge in [0.05, 0.1) is 7.11 Å². The first-order valence-electron chi connectivity index (χ1n) is 3.73. The van der Waals surface area contributed by atoms with Gasteiger partial charge in [-0.05, 0) is 23.3 Å². The maximum atomic E-state index is 5.56. The van der Waals surface area contributed by atoms with E-state index in [1.165, 1.54) is 5.56 Å². The molecule has 1 aromatic carbocycles. The number of methoxy groups -OCH3 is 1. The molecule has 2 N–H and O–H groups in total. The van der Waals surface area contributed by atoms with Crippen LogP contribution >= 0.6 is 15.9 Å². The summed E-state index contributed by atoms with van der Waals surface area (Å²) >= 11 is 3.40. The van der Waals surface area contributed by atoms with Crippen molar-refractivity contribution in [2.24, 2.45) is 5.73 Å².